The third kappa shape index (κ3) is 2.95. The minimum absolute atomic E-state index is 0.202. The lowest BCUT2D eigenvalue weighted by Gasteiger charge is -2.37. The van der Waals surface area contributed by atoms with Crippen LogP contribution in [-0.4, -0.2) is 45.0 Å². The molecule has 0 aromatic heterocycles. The minimum atomic E-state index is -1.13. The first-order valence-electron chi connectivity index (χ1n) is 7.13. The SMILES string of the molecule is OC(Cc1ccccc1Cl)(CN1N=CNC1C=S)C1(Cl)CC1. The molecule has 118 valence electrons. The second-order valence-corrected chi connectivity index (χ2v) is 7.26. The van der Waals surface area contributed by atoms with E-state index >= 15 is 0 Å². The van der Waals surface area contributed by atoms with Gasteiger partial charge in [-0.2, -0.15) is 5.10 Å². The van der Waals surface area contributed by atoms with Gasteiger partial charge in [-0.05, 0) is 24.5 Å². The summed E-state index contributed by atoms with van der Waals surface area (Å²) in [6.45, 7) is 0.295. The lowest BCUT2D eigenvalue weighted by Crippen LogP contribution is -2.54. The average Bonchev–Trinajstić information content (AvgIpc) is 3.10. The molecule has 2 unspecified atom stereocenters. The number of thiocarbonyl (C=S) groups is 1. The Bertz CT molecular complexity index is 608. The van der Waals surface area contributed by atoms with E-state index in [0.29, 0.717) is 18.0 Å². The third-order valence-electron chi connectivity index (χ3n) is 4.29. The maximum Gasteiger partial charge on any atom is 0.146 e. The Morgan fingerprint density at radius 2 is 2.23 bits per heavy atom. The number of benzene rings is 1. The highest BCUT2D eigenvalue weighted by atomic mass is 35.5. The molecule has 1 aliphatic carbocycles. The molecule has 4 nitrogen and oxygen atoms in total. The van der Waals surface area contributed by atoms with E-state index in [4.69, 9.17) is 35.4 Å². The van der Waals surface area contributed by atoms with Crippen molar-refractivity contribution in [1.82, 2.24) is 10.3 Å². The van der Waals surface area contributed by atoms with Crippen LogP contribution in [0.2, 0.25) is 5.02 Å². The molecular formula is C15H17Cl2N3OS. The standard InChI is InChI=1S/C15H17Cl2N3OS/c16-12-4-2-1-3-11(12)7-15(21,14(17)5-6-14)9-20-13(8-22)18-10-19-20/h1-4,8,10,13,21H,5-7,9H2,(H,18,19). The van der Waals surface area contributed by atoms with Crippen molar-refractivity contribution < 1.29 is 5.11 Å². The van der Waals surface area contributed by atoms with Gasteiger partial charge < -0.3 is 10.4 Å². The fourth-order valence-electron chi connectivity index (χ4n) is 2.75. The Labute approximate surface area is 145 Å². The van der Waals surface area contributed by atoms with Crippen molar-refractivity contribution in [2.24, 2.45) is 5.10 Å². The first-order valence-corrected chi connectivity index (χ1v) is 8.35. The van der Waals surface area contributed by atoms with Gasteiger partial charge in [0.05, 0.1) is 11.4 Å². The van der Waals surface area contributed by atoms with Gasteiger partial charge in [0.25, 0.3) is 0 Å². The monoisotopic (exact) mass is 357 g/mol. The van der Waals surface area contributed by atoms with E-state index in [1.54, 1.807) is 16.7 Å². The molecule has 0 spiro atoms. The predicted octanol–water partition coefficient (Wildman–Crippen LogP) is 2.56. The van der Waals surface area contributed by atoms with E-state index in [1.165, 1.54) is 0 Å². The van der Waals surface area contributed by atoms with Crippen molar-refractivity contribution in [1.29, 1.82) is 0 Å². The highest BCUT2D eigenvalue weighted by molar-refractivity contribution is 7.79. The van der Waals surface area contributed by atoms with Crippen LogP contribution in [0.1, 0.15) is 18.4 Å². The fourth-order valence-corrected chi connectivity index (χ4v) is 3.39. The summed E-state index contributed by atoms with van der Waals surface area (Å²) >= 11 is 17.8. The van der Waals surface area contributed by atoms with Crippen molar-refractivity contribution in [3.63, 3.8) is 0 Å². The molecule has 1 fully saturated rings. The normalized spacial score (nSPS) is 24.7. The number of hydrazone groups is 1. The van der Waals surface area contributed by atoms with E-state index in [2.05, 4.69) is 10.4 Å². The van der Waals surface area contributed by atoms with Gasteiger partial charge in [0.15, 0.2) is 0 Å². The van der Waals surface area contributed by atoms with Crippen LogP contribution >= 0.6 is 35.4 Å². The summed E-state index contributed by atoms with van der Waals surface area (Å²) in [5.41, 5.74) is -0.243. The summed E-state index contributed by atoms with van der Waals surface area (Å²) in [5.74, 6) is 0. The van der Waals surface area contributed by atoms with Gasteiger partial charge in [0.2, 0.25) is 0 Å². The summed E-state index contributed by atoms with van der Waals surface area (Å²) in [6.07, 6.45) is 3.32. The van der Waals surface area contributed by atoms with Gasteiger partial charge in [-0.1, -0.05) is 42.0 Å². The Morgan fingerprint density at radius 3 is 2.86 bits per heavy atom. The van der Waals surface area contributed by atoms with Crippen molar-refractivity contribution in [3.05, 3.63) is 34.9 Å². The van der Waals surface area contributed by atoms with Crippen LogP contribution in [0.15, 0.2) is 29.4 Å². The largest absolute Gasteiger partial charge is 0.386 e. The molecule has 1 aromatic carbocycles. The topological polar surface area (TPSA) is 47.9 Å². The Kier molecular flexibility index (Phi) is 4.34. The van der Waals surface area contributed by atoms with Crippen molar-refractivity contribution in [2.45, 2.75) is 35.9 Å². The predicted molar refractivity (Wildman–Crippen MR) is 93.7 cm³/mol. The molecule has 2 aliphatic rings. The highest BCUT2D eigenvalue weighted by Gasteiger charge is 2.58. The zero-order valence-electron chi connectivity index (χ0n) is 11.9. The number of halogens is 2. The molecule has 0 amide bonds. The minimum Gasteiger partial charge on any atom is -0.386 e. The summed E-state index contributed by atoms with van der Waals surface area (Å²) in [6, 6.07) is 7.51. The summed E-state index contributed by atoms with van der Waals surface area (Å²) in [4.78, 5) is -0.629. The van der Waals surface area contributed by atoms with E-state index < -0.39 is 10.5 Å². The molecule has 1 aromatic rings. The van der Waals surface area contributed by atoms with Crippen molar-refractivity contribution in [3.8, 4) is 0 Å². The second kappa shape index (κ2) is 5.96. The maximum atomic E-state index is 11.3. The zero-order valence-corrected chi connectivity index (χ0v) is 14.2. The van der Waals surface area contributed by atoms with Crippen LogP contribution in [0.3, 0.4) is 0 Å². The van der Waals surface area contributed by atoms with Gasteiger partial charge in [-0.15, -0.1) is 11.6 Å². The quantitative estimate of drug-likeness (QED) is 0.606. The lowest BCUT2D eigenvalue weighted by molar-refractivity contribution is -0.00874. The Morgan fingerprint density at radius 1 is 1.50 bits per heavy atom. The van der Waals surface area contributed by atoms with Crippen LogP contribution in [0.5, 0.6) is 0 Å². The first-order chi connectivity index (χ1) is 10.5. The third-order valence-corrected chi connectivity index (χ3v) is 5.64. The summed E-state index contributed by atoms with van der Waals surface area (Å²) < 4.78 is 0. The van der Waals surface area contributed by atoms with Gasteiger partial charge in [-0.3, -0.25) is 5.01 Å². The molecule has 2 N–H and O–H groups in total. The molecule has 22 heavy (non-hydrogen) atoms. The molecule has 0 bridgehead atoms. The molecule has 2 atom stereocenters. The molecule has 0 radical (unpaired) electrons. The van der Waals surface area contributed by atoms with Crippen LogP contribution in [0.25, 0.3) is 0 Å². The number of alkyl halides is 1. The van der Waals surface area contributed by atoms with Crippen LogP contribution < -0.4 is 5.32 Å². The van der Waals surface area contributed by atoms with E-state index in [1.807, 2.05) is 24.3 Å². The Hall–Kier alpha value is -0.880. The van der Waals surface area contributed by atoms with Crippen LogP contribution in [0, 0.1) is 0 Å². The van der Waals surface area contributed by atoms with Crippen molar-refractivity contribution in [2.75, 3.05) is 6.54 Å². The summed E-state index contributed by atoms with van der Waals surface area (Å²) in [7, 11) is 0. The fraction of sp³-hybridized carbons (Fsp3) is 0.467. The molecule has 0 saturated heterocycles. The molecule has 1 aliphatic heterocycles. The smallest absolute Gasteiger partial charge is 0.146 e. The van der Waals surface area contributed by atoms with Gasteiger partial charge in [0, 0.05) is 16.8 Å². The van der Waals surface area contributed by atoms with Gasteiger partial charge in [0.1, 0.15) is 18.1 Å². The molecular weight excluding hydrogens is 341 g/mol. The van der Waals surface area contributed by atoms with Gasteiger partial charge >= 0.3 is 0 Å². The number of rotatable bonds is 6. The van der Waals surface area contributed by atoms with E-state index in [0.717, 1.165) is 18.4 Å². The highest BCUT2D eigenvalue weighted by Crippen LogP contribution is 2.53. The Balaban J connectivity index is 1.84. The average molecular weight is 358 g/mol. The van der Waals surface area contributed by atoms with Crippen molar-refractivity contribution >= 4 is 47.1 Å². The maximum absolute atomic E-state index is 11.3. The lowest BCUT2D eigenvalue weighted by atomic mass is 9.88. The van der Waals surface area contributed by atoms with Gasteiger partial charge in [-0.25, -0.2) is 0 Å². The van der Waals surface area contributed by atoms with E-state index in [-0.39, 0.29) is 6.17 Å². The number of nitrogens with one attached hydrogen (secondary N) is 1. The number of hydrogen-bond acceptors (Lipinski definition) is 5. The van der Waals surface area contributed by atoms with E-state index in [9.17, 15) is 5.11 Å². The number of hydrogen-bond donors (Lipinski definition) is 2. The number of nitrogens with zero attached hydrogens (tertiary/aromatic N) is 2. The van der Waals surface area contributed by atoms with Crippen LogP contribution in [0.4, 0.5) is 0 Å². The summed E-state index contributed by atoms with van der Waals surface area (Å²) in [5, 5.41) is 22.5. The number of aliphatic hydroxyl groups is 1. The first kappa shape index (κ1) is 16.0. The molecule has 3 rings (SSSR count). The second-order valence-electron chi connectivity index (χ2n) is 5.85. The molecule has 7 heteroatoms. The van der Waals surface area contributed by atoms with Crippen LogP contribution in [-0.2, 0) is 6.42 Å². The molecule has 1 heterocycles. The molecule has 1 saturated carbocycles. The number of β-amino-alcohol motifs (C(OH)–C–C–N with tert-alkyl or cyclic N) is 1. The zero-order chi connectivity index (χ0) is 15.8.